The molecular formula is C9H8N4O3. The summed E-state index contributed by atoms with van der Waals surface area (Å²) in [4.78, 5) is 24.6. The zero-order valence-electron chi connectivity index (χ0n) is 8.04. The van der Waals surface area contributed by atoms with Gasteiger partial charge in [-0.1, -0.05) is 0 Å². The van der Waals surface area contributed by atoms with Crippen molar-refractivity contribution in [2.45, 2.75) is 0 Å². The van der Waals surface area contributed by atoms with E-state index in [0.29, 0.717) is 5.82 Å². The summed E-state index contributed by atoms with van der Waals surface area (Å²) in [5.74, 6) is -0.726. The fourth-order valence-electron chi connectivity index (χ4n) is 1.17. The van der Waals surface area contributed by atoms with Gasteiger partial charge in [0.2, 0.25) is 5.43 Å². The molecule has 0 aliphatic carbocycles. The molecule has 2 aromatic rings. The number of anilines is 1. The van der Waals surface area contributed by atoms with Crippen LogP contribution < -0.4 is 11.2 Å². The van der Waals surface area contributed by atoms with Crippen LogP contribution in [0.15, 0.2) is 29.5 Å². The molecule has 0 aromatic carbocycles. The number of nitrogens with two attached hydrogens (primary N) is 1. The second-order valence-electron chi connectivity index (χ2n) is 3.12. The summed E-state index contributed by atoms with van der Waals surface area (Å²) in [7, 11) is 0. The van der Waals surface area contributed by atoms with Crippen molar-refractivity contribution < 1.29 is 9.90 Å². The van der Waals surface area contributed by atoms with Crippen LogP contribution in [0.3, 0.4) is 0 Å². The highest BCUT2D eigenvalue weighted by Crippen LogP contribution is 2.04. The van der Waals surface area contributed by atoms with Gasteiger partial charge in [-0.25, -0.2) is 9.48 Å². The van der Waals surface area contributed by atoms with Gasteiger partial charge in [0.05, 0.1) is 17.4 Å². The Morgan fingerprint density at radius 2 is 2.31 bits per heavy atom. The molecule has 7 heteroatoms. The first-order chi connectivity index (χ1) is 7.58. The smallest absolute Gasteiger partial charge is 0.338 e. The number of aromatic amines is 1. The number of hydrogen-bond acceptors (Lipinski definition) is 4. The van der Waals surface area contributed by atoms with Crippen molar-refractivity contribution in [2.75, 3.05) is 5.73 Å². The van der Waals surface area contributed by atoms with Gasteiger partial charge in [-0.15, -0.1) is 0 Å². The summed E-state index contributed by atoms with van der Waals surface area (Å²) in [6.07, 6.45) is 3.82. The zero-order chi connectivity index (χ0) is 11.7. The monoisotopic (exact) mass is 220 g/mol. The molecule has 0 aliphatic rings. The molecule has 0 unspecified atom stereocenters. The van der Waals surface area contributed by atoms with Crippen LogP contribution in [0, 0.1) is 0 Å². The standard InChI is InChI=1S/C9H8N4O3/c10-6-3-11-8(1-7(6)14)13-4-5(2-12-13)9(15)16/h1-4H,10H2,(H,11,14)(H,15,16). The van der Waals surface area contributed by atoms with Gasteiger partial charge in [-0.3, -0.25) is 4.79 Å². The van der Waals surface area contributed by atoms with Crippen molar-refractivity contribution in [2.24, 2.45) is 0 Å². The lowest BCUT2D eigenvalue weighted by Crippen LogP contribution is -2.10. The first kappa shape index (κ1) is 9.97. The lowest BCUT2D eigenvalue weighted by molar-refractivity contribution is 0.0697. The molecule has 2 heterocycles. The van der Waals surface area contributed by atoms with Crippen molar-refractivity contribution in [3.8, 4) is 5.82 Å². The quantitative estimate of drug-likeness (QED) is 0.650. The minimum Gasteiger partial charge on any atom is -0.478 e. The predicted octanol–water partition coefficient (Wildman–Crippen LogP) is -0.159. The zero-order valence-corrected chi connectivity index (χ0v) is 8.04. The van der Waals surface area contributed by atoms with Crippen molar-refractivity contribution in [3.63, 3.8) is 0 Å². The van der Waals surface area contributed by atoms with Crippen LogP contribution in [0.5, 0.6) is 0 Å². The predicted molar refractivity (Wildman–Crippen MR) is 55.6 cm³/mol. The van der Waals surface area contributed by atoms with Crippen molar-refractivity contribution >= 4 is 11.7 Å². The molecule has 16 heavy (non-hydrogen) atoms. The van der Waals surface area contributed by atoms with Crippen molar-refractivity contribution in [3.05, 3.63) is 40.4 Å². The van der Waals surface area contributed by atoms with E-state index >= 15 is 0 Å². The van der Waals surface area contributed by atoms with Crippen molar-refractivity contribution in [1.29, 1.82) is 0 Å². The van der Waals surface area contributed by atoms with Gasteiger partial charge in [-0.2, -0.15) is 5.10 Å². The van der Waals surface area contributed by atoms with Crippen molar-refractivity contribution in [1.82, 2.24) is 14.8 Å². The van der Waals surface area contributed by atoms with Gasteiger partial charge < -0.3 is 15.8 Å². The SMILES string of the molecule is Nc1c[nH]c(-n2cc(C(=O)O)cn2)cc1=O. The third kappa shape index (κ3) is 1.65. The minimum atomic E-state index is -1.08. The number of rotatable bonds is 2. The minimum absolute atomic E-state index is 0.0395. The number of H-pyrrole nitrogens is 1. The highest BCUT2D eigenvalue weighted by atomic mass is 16.4. The van der Waals surface area contributed by atoms with Crippen LogP contribution in [-0.2, 0) is 0 Å². The van der Waals surface area contributed by atoms with Crippen LogP contribution in [0.1, 0.15) is 10.4 Å². The fourth-order valence-corrected chi connectivity index (χ4v) is 1.17. The second-order valence-corrected chi connectivity index (χ2v) is 3.12. The van der Waals surface area contributed by atoms with E-state index in [-0.39, 0.29) is 16.7 Å². The third-order valence-corrected chi connectivity index (χ3v) is 2.00. The van der Waals surface area contributed by atoms with Crippen LogP contribution in [0.25, 0.3) is 5.82 Å². The van der Waals surface area contributed by atoms with E-state index in [2.05, 4.69) is 10.1 Å². The van der Waals surface area contributed by atoms with Gasteiger partial charge in [0.25, 0.3) is 0 Å². The highest BCUT2D eigenvalue weighted by molar-refractivity contribution is 5.86. The van der Waals surface area contributed by atoms with E-state index in [0.717, 1.165) is 0 Å². The molecule has 7 nitrogen and oxygen atoms in total. The molecule has 0 atom stereocenters. The van der Waals surface area contributed by atoms with Gasteiger partial charge in [0, 0.05) is 18.5 Å². The first-order valence-corrected chi connectivity index (χ1v) is 4.34. The lowest BCUT2D eigenvalue weighted by atomic mass is 10.4. The highest BCUT2D eigenvalue weighted by Gasteiger charge is 2.07. The number of hydrogen-bond donors (Lipinski definition) is 3. The molecule has 82 valence electrons. The molecule has 2 rings (SSSR count). The number of carboxylic acids is 1. The fraction of sp³-hybridized carbons (Fsp3) is 0. The molecule has 0 bridgehead atoms. The number of aromatic carboxylic acids is 1. The van der Waals surface area contributed by atoms with Gasteiger partial charge >= 0.3 is 5.97 Å². The third-order valence-electron chi connectivity index (χ3n) is 2.00. The maximum absolute atomic E-state index is 11.3. The van der Waals surface area contributed by atoms with Gasteiger partial charge in [0.15, 0.2) is 0 Å². The molecule has 0 radical (unpaired) electrons. The van der Waals surface area contributed by atoms with Crippen LogP contribution in [0.2, 0.25) is 0 Å². The molecule has 0 aliphatic heterocycles. The molecule has 0 saturated carbocycles. The molecule has 0 amide bonds. The molecular weight excluding hydrogens is 212 g/mol. The molecule has 0 fully saturated rings. The Morgan fingerprint density at radius 3 is 2.88 bits per heavy atom. The average Bonchev–Trinajstić information content (AvgIpc) is 2.71. The van der Waals surface area contributed by atoms with E-state index in [1.165, 1.54) is 29.3 Å². The summed E-state index contributed by atoms with van der Waals surface area (Å²) in [6.45, 7) is 0. The Bertz CT molecular complexity index is 599. The van der Waals surface area contributed by atoms with Gasteiger partial charge in [-0.05, 0) is 0 Å². The second kappa shape index (κ2) is 3.54. The number of nitrogen functional groups attached to an aromatic ring is 1. The van der Waals surface area contributed by atoms with Crippen LogP contribution in [-0.4, -0.2) is 25.8 Å². The van der Waals surface area contributed by atoms with E-state index in [1.54, 1.807) is 0 Å². The number of nitrogens with one attached hydrogen (secondary N) is 1. The Hall–Kier alpha value is -2.57. The maximum Gasteiger partial charge on any atom is 0.338 e. The largest absolute Gasteiger partial charge is 0.478 e. The molecule has 4 N–H and O–H groups in total. The Kier molecular flexibility index (Phi) is 2.20. The molecule has 0 spiro atoms. The lowest BCUT2D eigenvalue weighted by Gasteiger charge is -2.00. The number of aromatic nitrogens is 3. The number of nitrogens with zero attached hydrogens (tertiary/aromatic N) is 2. The number of carboxylic acid groups (broad SMARTS) is 1. The normalized spacial score (nSPS) is 10.2. The van der Waals surface area contributed by atoms with E-state index < -0.39 is 5.97 Å². The average molecular weight is 220 g/mol. The Labute approximate surface area is 89.1 Å². The summed E-state index contributed by atoms with van der Waals surface area (Å²) in [5, 5.41) is 12.5. The topological polar surface area (TPSA) is 114 Å². The van der Waals surface area contributed by atoms with E-state index in [1.807, 2.05) is 0 Å². The number of pyridine rings is 1. The summed E-state index contributed by atoms with van der Waals surface area (Å²) in [6, 6.07) is 1.24. The Morgan fingerprint density at radius 1 is 1.56 bits per heavy atom. The summed E-state index contributed by atoms with van der Waals surface area (Å²) >= 11 is 0. The maximum atomic E-state index is 11.3. The summed E-state index contributed by atoms with van der Waals surface area (Å²) in [5.41, 5.74) is 5.14. The number of carbonyl (C=O) groups is 1. The summed E-state index contributed by atoms with van der Waals surface area (Å²) < 4.78 is 1.25. The van der Waals surface area contributed by atoms with Crippen LogP contribution in [0.4, 0.5) is 5.69 Å². The Balaban J connectivity index is 2.46. The van der Waals surface area contributed by atoms with Crippen LogP contribution >= 0.6 is 0 Å². The molecule has 0 saturated heterocycles. The first-order valence-electron chi connectivity index (χ1n) is 4.34. The van der Waals surface area contributed by atoms with E-state index in [4.69, 9.17) is 10.8 Å². The molecule has 2 aromatic heterocycles. The van der Waals surface area contributed by atoms with Gasteiger partial charge in [0.1, 0.15) is 5.82 Å². The van der Waals surface area contributed by atoms with E-state index in [9.17, 15) is 9.59 Å².